The maximum absolute atomic E-state index is 12.6. The van der Waals surface area contributed by atoms with Gasteiger partial charge in [-0.1, -0.05) is 30.3 Å². The molecule has 1 aromatic carbocycles. The number of alkyl halides is 2. The van der Waals surface area contributed by atoms with Gasteiger partial charge in [-0.25, -0.2) is 13.6 Å². The molecule has 7 heteroatoms. The molecule has 5 nitrogen and oxygen atoms in total. The fourth-order valence-corrected chi connectivity index (χ4v) is 2.80. The summed E-state index contributed by atoms with van der Waals surface area (Å²) in [6.45, 7) is 1.31. The number of amides is 1. The first-order chi connectivity index (χ1) is 11.6. The lowest BCUT2D eigenvalue weighted by Crippen LogP contribution is -2.39. The Bertz CT molecular complexity index is 667. The minimum absolute atomic E-state index is 0.0377. The molecule has 2 aromatic rings. The smallest absolute Gasteiger partial charge is 0.410 e. The molecule has 0 aliphatic carbocycles. The maximum Gasteiger partial charge on any atom is 0.410 e. The minimum Gasteiger partial charge on any atom is -0.445 e. The summed E-state index contributed by atoms with van der Waals surface area (Å²) in [5.41, 5.74) is 0.733. The number of rotatable bonds is 4. The van der Waals surface area contributed by atoms with Gasteiger partial charge in [-0.05, 0) is 24.5 Å². The molecule has 1 aromatic heterocycles. The van der Waals surface area contributed by atoms with Crippen LogP contribution in [0.3, 0.4) is 0 Å². The zero-order chi connectivity index (χ0) is 16.9. The van der Waals surface area contributed by atoms with Crippen molar-refractivity contribution in [2.75, 3.05) is 13.1 Å². The molecule has 128 valence electrons. The number of carbonyl (C=O) groups is 1. The van der Waals surface area contributed by atoms with E-state index in [0.717, 1.165) is 5.56 Å². The van der Waals surface area contributed by atoms with Crippen LogP contribution in [0.5, 0.6) is 0 Å². The van der Waals surface area contributed by atoms with Gasteiger partial charge in [0.25, 0.3) is 6.43 Å². The van der Waals surface area contributed by atoms with E-state index in [4.69, 9.17) is 4.74 Å². The summed E-state index contributed by atoms with van der Waals surface area (Å²) in [4.78, 5) is 13.7. The molecule has 1 fully saturated rings. The van der Waals surface area contributed by atoms with Crippen LogP contribution < -0.4 is 0 Å². The average molecular weight is 335 g/mol. The molecule has 1 aliphatic heterocycles. The lowest BCUT2D eigenvalue weighted by atomic mass is 10.1. The number of benzene rings is 1. The second-order valence-corrected chi connectivity index (χ2v) is 5.78. The van der Waals surface area contributed by atoms with Crippen LogP contribution in [0.25, 0.3) is 0 Å². The van der Waals surface area contributed by atoms with E-state index in [9.17, 15) is 13.6 Å². The molecule has 0 atom stereocenters. The van der Waals surface area contributed by atoms with Crippen molar-refractivity contribution in [3.05, 3.63) is 53.9 Å². The minimum atomic E-state index is -2.56. The van der Waals surface area contributed by atoms with E-state index in [0.29, 0.717) is 25.9 Å². The standard InChI is InChI=1S/C17H19F2N3O2/c18-16(19)15-8-11-22(20-15)14-6-9-21(10-7-14)17(23)24-12-13-4-2-1-3-5-13/h1-5,8,11,14,16H,6-7,9-10,12H2. The molecule has 24 heavy (non-hydrogen) atoms. The van der Waals surface area contributed by atoms with Gasteiger partial charge in [-0.2, -0.15) is 5.10 Å². The average Bonchev–Trinajstić information content (AvgIpc) is 3.11. The Morgan fingerprint density at radius 3 is 2.54 bits per heavy atom. The molecule has 0 unspecified atom stereocenters. The normalized spacial score (nSPS) is 15.7. The van der Waals surface area contributed by atoms with Crippen LogP contribution in [0.4, 0.5) is 13.6 Å². The maximum atomic E-state index is 12.6. The van der Waals surface area contributed by atoms with E-state index in [2.05, 4.69) is 5.10 Å². The molecule has 0 N–H and O–H groups in total. The Kier molecular flexibility index (Phi) is 5.08. The zero-order valence-corrected chi connectivity index (χ0v) is 13.1. The molecule has 2 heterocycles. The van der Waals surface area contributed by atoms with Gasteiger partial charge in [0.15, 0.2) is 0 Å². The molecule has 0 radical (unpaired) electrons. The highest BCUT2D eigenvalue weighted by Crippen LogP contribution is 2.24. The second kappa shape index (κ2) is 7.42. The molecule has 1 saturated heterocycles. The number of aromatic nitrogens is 2. The van der Waals surface area contributed by atoms with Gasteiger partial charge < -0.3 is 9.64 Å². The summed E-state index contributed by atoms with van der Waals surface area (Å²) in [7, 11) is 0. The van der Waals surface area contributed by atoms with Crippen molar-refractivity contribution < 1.29 is 18.3 Å². The van der Waals surface area contributed by atoms with Crippen LogP contribution >= 0.6 is 0 Å². The Morgan fingerprint density at radius 2 is 1.92 bits per heavy atom. The van der Waals surface area contributed by atoms with Crippen molar-refractivity contribution >= 4 is 6.09 Å². The fourth-order valence-electron chi connectivity index (χ4n) is 2.80. The van der Waals surface area contributed by atoms with Gasteiger partial charge in [0.05, 0.1) is 6.04 Å². The number of hydrogen-bond donors (Lipinski definition) is 0. The summed E-state index contributed by atoms with van der Waals surface area (Å²) in [5.74, 6) is 0. The lowest BCUT2D eigenvalue weighted by molar-refractivity contribution is 0.0818. The highest BCUT2D eigenvalue weighted by molar-refractivity contribution is 5.67. The van der Waals surface area contributed by atoms with Gasteiger partial charge in [-0.3, -0.25) is 4.68 Å². The summed E-state index contributed by atoms with van der Waals surface area (Å²) >= 11 is 0. The van der Waals surface area contributed by atoms with Crippen LogP contribution in [0.2, 0.25) is 0 Å². The lowest BCUT2D eigenvalue weighted by Gasteiger charge is -2.31. The summed E-state index contributed by atoms with van der Waals surface area (Å²) < 4.78 is 32.1. The van der Waals surface area contributed by atoms with E-state index in [1.165, 1.54) is 6.07 Å². The quantitative estimate of drug-likeness (QED) is 0.854. The van der Waals surface area contributed by atoms with Crippen LogP contribution in [0, 0.1) is 0 Å². The fraction of sp³-hybridized carbons (Fsp3) is 0.412. The molecule has 0 saturated carbocycles. The molecule has 1 amide bonds. The first-order valence-corrected chi connectivity index (χ1v) is 7.92. The number of halogens is 2. The van der Waals surface area contributed by atoms with Crippen molar-refractivity contribution in [2.24, 2.45) is 0 Å². The number of piperidine rings is 1. The topological polar surface area (TPSA) is 47.4 Å². The van der Waals surface area contributed by atoms with Gasteiger partial charge >= 0.3 is 6.09 Å². The van der Waals surface area contributed by atoms with Crippen LogP contribution in [-0.2, 0) is 11.3 Å². The predicted octanol–water partition coefficient (Wildman–Crippen LogP) is 3.79. The SMILES string of the molecule is O=C(OCc1ccccc1)N1CCC(n2ccc(C(F)F)n2)CC1. The van der Waals surface area contributed by atoms with Gasteiger partial charge in [0.1, 0.15) is 12.3 Å². The number of carbonyl (C=O) groups excluding carboxylic acids is 1. The number of nitrogens with zero attached hydrogens (tertiary/aromatic N) is 3. The van der Waals surface area contributed by atoms with Gasteiger partial charge in [-0.15, -0.1) is 0 Å². The third-order valence-electron chi connectivity index (χ3n) is 4.15. The van der Waals surface area contributed by atoms with Crippen molar-refractivity contribution in [1.82, 2.24) is 14.7 Å². The predicted molar refractivity (Wildman–Crippen MR) is 83.7 cm³/mol. The molecule has 0 spiro atoms. The zero-order valence-electron chi connectivity index (χ0n) is 13.1. The van der Waals surface area contributed by atoms with E-state index in [-0.39, 0.29) is 24.4 Å². The van der Waals surface area contributed by atoms with E-state index in [1.807, 2.05) is 30.3 Å². The Morgan fingerprint density at radius 1 is 1.21 bits per heavy atom. The highest BCUT2D eigenvalue weighted by Gasteiger charge is 2.25. The Hall–Kier alpha value is -2.44. The molecule has 0 bridgehead atoms. The van der Waals surface area contributed by atoms with E-state index >= 15 is 0 Å². The number of hydrogen-bond acceptors (Lipinski definition) is 3. The first kappa shape index (κ1) is 16.4. The summed E-state index contributed by atoms with van der Waals surface area (Å²) in [5, 5.41) is 3.91. The largest absolute Gasteiger partial charge is 0.445 e. The first-order valence-electron chi connectivity index (χ1n) is 7.92. The summed E-state index contributed by atoms with van der Waals surface area (Å²) in [6.07, 6.45) is 0.0239. The number of likely N-dealkylation sites (tertiary alicyclic amines) is 1. The third kappa shape index (κ3) is 3.90. The Labute approximate surface area is 138 Å². The molecule has 3 rings (SSSR count). The molecular weight excluding hydrogens is 316 g/mol. The van der Waals surface area contributed by atoms with E-state index in [1.54, 1.807) is 15.8 Å². The van der Waals surface area contributed by atoms with Crippen LogP contribution in [0.15, 0.2) is 42.6 Å². The van der Waals surface area contributed by atoms with Crippen molar-refractivity contribution in [3.8, 4) is 0 Å². The summed E-state index contributed by atoms with van der Waals surface area (Å²) in [6, 6.07) is 10.9. The van der Waals surface area contributed by atoms with Crippen molar-refractivity contribution in [3.63, 3.8) is 0 Å². The highest BCUT2D eigenvalue weighted by atomic mass is 19.3. The second-order valence-electron chi connectivity index (χ2n) is 5.78. The van der Waals surface area contributed by atoms with E-state index < -0.39 is 6.43 Å². The van der Waals surface area contributed by atoms with Crippen LogP contribution in [0.1, 0.15) is 36.6 Å². The van der Waals surface area contributed by atoms with Gasteiger partial charge in [0.2, 0.25) is 0 Å². The van der Waals surface area contributed by atoms with Crippen LogP contribution in [-0.4, -0.2) is 33.9 Å². The monoisotopic (exact) mass is 335 g/mol. The van der Waals surface area contributed by atoms with Gasteiger partial charge in [0, 0.05) is 19.3 Å². The van der Waals surface area contributed by atoms with Crippen molar-refractivity contribution in [2.45, 2.75) is 31.9 Å². The molecule has 1 aliphatic rings. The Balaban J connectivity index is 1.48. The molecular formula is C17H19F2N3O2. The third-order valence-corrected chi connectivity index (χ3v) is 4.15. The number of ether oxygens (including phenoxy) is 1. The van der Waals surface area contributed by atoms with Crippen molar-refractivity contribution in [1.29, 1.82) is 0 Å².